The number of aryl methyl sites for hydroxylation is 3. The van der Waals surface area contributed by atoms with E-state index in [0.717, 1.165) is 16.8 Å². The van der Waals surface area contributed by atoms with Gasteiger partial charge in [-0.2, -0.15) is 0 Å². The number of rotatable bonds is 3. The summed E-state index contributed by atoms with van der Waals surface area (Å²) in [6.45, 7) is 6.40. The molecular weight excluding hydrogens is 302 g/mol. The summed E-state index contributed by atoms with van der Waals surface area (Å²) in [5.74, 6) is -0.0121. The van der Waals surface area contributed by atoms with Gasteiger partial charge in [0.25, 0.3) is 0 Å². The topological polar surface area (TPSA) is 62.3 Å². The molecule has 0 radical (unpaired) electrons. The number of carbonyl (C=O) groups is 2. The van der Waals surface area contributed by atoms with Crippen LogP contribution in [-0.4, -0.2) is 23.3 Å². The summed E-state index contributed by atoms with van der Waals surface area (Å²) in [5.41, 5.74) is 4.20. The molecule has 0 aliphatic carbocycles. The Morgan fingerprint density at radius 2 is 1.96 bits per heavy atom. The average molecular weight is 323 g/mol. The van der Waals surface area contributed by atoms with Gasteiger partial charge in [-0.3, -0.25) is 9.59 Å². The lowest BCUT2D eigenvalue weighted by Gasteiger charge is -2.18. The van der Waals surface area contributed by atoms with E-state index in [9.17, 15) is 9.59 Å². The number of nitrogens with zero attached hydrogens (tertiary/aromatic N) is 2. The van der Waals surface area contributed by atoms with E-state index in [1.54, 1.807) is 11.1 Å². The van der Waals surface area contributed by atoms with Crippen molar-refractivity contribution in [3.8, 4) is 0 Å². The van der Waals surface area contributed by atoms with Crippen molar-refractivity contribution in [3.05, 3.63) is 53.2 Å². The first kappa shape index (κ1) is 16.2. The lowest BCUT2D eigenvalue weighted by Crippen LogP contribution is -2.28. The van der Waals surface area contributed by atoms with Crippen molar-refractivity contribution in [3.63, 3.8) is 0 Å². The summed E-state index contributed by atoms with van der Waals surface area (Å²) in [6.07, 6.45) is 1.89. The SMILES string of the molecule is Cc1ccnc(NC(=O)C2CC(=O)N(c3ccc(C)c(C)c3)C2)c1. The summed E-state index contributed by atoms with van der Waals surface area (Å²) >= 11 is 0. The third-order valence-electron chi connectivity index (χ3n) is 4.46. The van der Waals surface area contributed by atoms with E-state index >= 15 is 0 Å². The first-order valence-corrected chi connectivity index (χ1v) is 8.05. The van der Waals surface area contributed by atoms with Gasteiger partial charge in [-0.05, 0) is 61.7 Å². The van der Waals surface area contributed by atoms with Gasteiger partial charge in [0.2, 0.25) is 11.8 Å². The Balaban J connectivity index is 1.72. The Morgan fingerprint density at radius 3 is 2.67 bits per heavy atom. The highest BCUT2D eigenvalue weighted by molar-refractivity contribution is 6.03. The lowest BCUT2D eigenvalue weighted by molar-refractivity contribution is -0.122. The van der Waals surface area contributed by atoms with E-state index in [1.807, 2.05) is 51.1 Å². The highest BCUT2D eigenvalue weighted by atomic mass is 16.2. The first-order chi connectivity index (χ1) is 11.4. The Bertz CT molecular complexity index is 801. The number of nitrogens with one attached hydrogen (secondary N) is 1. The van der Waals surface area contributed by atoms with Crippen LogP contribution in [0, 0.1) is 26.7 Å². The van der Waals surface area contributed by atoms with Gasteiger partial charge < -0.3 is 10.2 Å². The van der Waals surface area contributed by atoms with Crippen molar-refractivity contribution in [2.45, 2.75) is 27.2 Å². The van der Waals surface area contributed by atoms with Crippen molar-refractivity contribution >= 4 is 23.3 Å². The molecule has 5 nitrogen and oxygen atoms in total. The predicted octanol–water partition coefficient (Wildman–Crippen LogP) is 3.00. The third kappa shape index (κ3) is 3.30. The fourth-order valence-electron chi connectivity index (χ4n) is 2.86. The molecule has 124 valence electrons. The number of anilines is 2. The molecule has 1 aromatic heterocycles. The molecule has 1 unspecified atom stereocenters. The summed E-state index contributed by atoms with van der Waals surface area (Å²) in [7, 11) is 0. The van der Waals surface area contributed by atoms with Crippen LogP contribution in [0.25, 0.3) is 0 Å². The minimum atomic E-state index is -0.360. The Kier molecular flexibility index (Phi) is 4.34. The molecule has 0 bridgehead atoms. The quantitative estimate of drug-likeness (QED) is 0.944. The highest BCUT2D eigenvalue weighted by Crippen LogP contribution is 2.27. The Hall–Kier alpha value is -2.69. The van der Waals surface area contributed by atoms with Gasteiger partial charge in [0, 0.05) is 24.8 Å². The van der Waals surface area contributed by atoms with Gasteiger partial charge in [-0.1, -0.05) is 6.07 Å². The van der Waals surface area contributed by atoms with Gasteiger partial charge in [0.15, 0.2) is 0 Å². The minimum absolute atomic E-state index is 0.0180. The molecule has 5 heteroatoms. The molecule has 1 atom stereocenters. The maximum Gasteiger partial charge on any atom is 0.230 e. The maximum atomic E-state index is 12.4. The molecule has 2 amide bonds. The Labute approximate surface area is 141 Å². The van der Waals surface area contributed by atoms with Crippen LogP contribution in [-0.2, 0) is 9.59 Å². The zero-order chi connectivity index (χ0) is 17.3. The number of pyridine rings is 1. The third-order valence-corrected chi connectivity index (χ3v) is 4.46. The number of aromatic nitrogens is 1. The van der Waals surface area contributed by atoms with Crippen LogP contribution >= 0.6 is 0 Å². The number of hydrogen-bond donors (Lipinski definition) is 1. The first-order valence-electron chi connectivity index (χ1n) is 8.05. The zero-order valence-electron chi connectivity index (χ0n) is 14.2. The molecule has 1 fully saturated rings. The summed E-state index contributed by atoms with van der Waals surface area (Å²) in [4.78, 5) is 30.6. The minimum Gasteiger partial charge on any atom is -0.312 e. The largest absolute Gasteiger partial charge is 0.312 e. The smallest absolute Gasteiger partial charge is 0.230 e. The Morgan fingerprint density at radius 1 is 1.17 bits per heavy atom. The number of benzene rings is 1. The van der Waals surface area contributed by atoms with Crippen molar-refractivity contribution in [1.29, 1.82) is 0 Å². The standard InChI is InChI=1S/C19H21N3O2/c1-12-6-7-20-17(8-12)21-19(24)15-10-18(23)22(11-15)16-5-4-13(2)14(3)9-16/h4-9,15H,10-11H2,1-3H3,(H,20,21,24). The zero-order valence-corrected chi connectivity index (χ0v) is 14.2. The lowest BCUT2D eigenvalue weighted by atomic mass is 10.1. The molecule has 2 heterocycles. The van der Waals surface area contributed by atoms with Crippen molar-refractivity contribution in [2.24, 2.45) is 5.92 Å². The fraction of sp³-hybridized carbons (Fsp3) is 0.316. The van der Waals surface area contributed by atoms with E-state index in [1.165, 1.54) is 5.56 Å². The van der Waals surface area contributed by atoms with Gasteiger partial charge in [-0.15, -0.1) is 0 Å². The van der Waals surface area contributed by atoms with Gasteiger partial charge in [0.05, 0.1) is 5.92 Å². The van der Waals surface area contributed by atoms with Crippen LogP contribution in [0.2, 0.25) is 0 Å². The van der Waals surface area contributed by atoms with Gasteiger partial charge in [-0.25, -0.2) is 4.98 Å². The maximum absolute atomic E-state index is 12.4. The second-order valence-corrected chi connectivity index (χ2v) is 6.38. The number of hydrogen-bond acceptors (Lipinski definition) is 3. The molecule has 2 aromatic rings. The molecule has 0 saturated carbocycles. The van der Waals surface area contributed by atoms with E-state index in [-0.39, 0.29) is 24.2 Å². The molecule has 0 spiro atoms. The molecule has 1 aliphatic heterocycles. The van der Waals surface area contributed by atoms with Crippen LogP contribution in [0.5, 0.6) is 0 Å². The van der Waals surface area contributed by atoms with E-state index in [2.05, 4.69) is 10.3 Å². The van der Waals surface area contributed by atoms with Crippen molar-refractivity contribution < 1.29 is 9.59 Å². The van der Waals surface area contributed by atoms with Crippen LogP contribution in [0.15, 0.2) is 36.5 Å². The molecule has 1 N–H and O–H groups in total. The fourth-order valence-corrected chi connectivity index (χ4v) is 2.86. The van der Waals surface area contributed by atoms with Crippen molar-refractivity contribution in [2.75, 3.05) is 16.8 Å². The molecular formula is C19H21N3O2. The summed E-state index contributed by atoms with van der Waals surface area (Å²) < 4.78 is 0. The second-order valence-electron chi connectivity index (χ2n) is 6.38. The highest BCUT2D eigenvalue weighted by Gasteiger charge is 2.35. The average Bonchev–Trinajstić information content (AvgIpc) is 2.92. The van der Waals surface area contributed by atoms with E-state index in [0.29, 0.717) is 12.4 Å². The normalized spacial score (nSPS) is 17.2. The number of amides is 2. The van der Waals surface area contributed by atoms with Crippen LogP contribution in [0.3, 0.4) is 0 Å². The van der Waals surface area contributed by atoms with Crippen LogP contribution in [0.1, 0.15) is 23.1 Å². The molecule has 1 aliphatic rings. The number of carbonyl (C=O) groups excluding carboxylic acids is 2. The van der Waals surface area contributed by atoms with Gasteiger partial charge >= 0.3 is 0 Å². The van der Waals surface area contributed by atoms with E-state index < -0.39 is 0 Å². The van der Waals surface area contributed by atoms with Crippen molar-refractivity contribution in [1.82, 2.24) is 4.98 Å². The van der Waals surface area contributed by atoms with Gasteiger partial charge in [0.1, 0.15) is 5.82 Å². The molecule has 1 saturated heterocycles. The molecule has 3 rings (SSSR count). The van der Waals surface area contributed by atoms with E-state index in [4.69, 9.17) is 0 Å². The monoisotopic (exact) mass is 323 g/mol. The summed E-state index contributed by atoms with van der Waals surface area (Å²) in [5, 5.41) is 2.81. The molecule has 1 aromatic carbocycles. The predicted molar refractivity (Wildman–Crippen MR) is 94.0 cm³/mol. The molecule has 24 heavy (non-hydrogen) atoms. The van der Waals surface area contributed by atoms with Crippen LogP contribution in [0.4, 0.5) is 11.5 Å². The second kappa shape index (κ2) is 6.43. The summed E-state index contributed by atoms with van der Waals surface area (Å²) in [6, 6.07) is 9.62. The van der Waals surface area contributed by atoms with Crippen LogP contribution < -0.4 is 10.2 Å².